The Hall–Kier alpha value is -1.45. The van der Waals surface area contributed by atoms with Crippen LogP contribution >= 0.6 is 23.2 Å². The minimum Gasteiger partial charge on any atom is -0.345 e. The number of amides is 1. The first kappa shape index (κ1) is 19.3. The molecule has 0 radical (unpaired) electrons. The van der Waals surface area contributed by atoms with E-state index in [9.17, 15) is 4.79 Å². The Labute approximate surface area is 165 Å². The molecule has 1 heterocycles. The lowest BCUT2D eigenvalue weighted by atomic mass is 9.94. The number of alkyl halides is 1. The predicted octanol–water partition coefficient (Wildman–Crippen LogP) is 5.48. The quantitative estimate of drug-likeness (QED) is 0.597. The molecule has 0 saturated heterocycles. The van der Waals surface area contributed by atoms with Crippen molar-refractivity contribution in [2.24, 2.45) is 0 Å². The maximum atomic E-state index is 12.8. The van der Waals surface area contributed by atoms with Crippen molar-refractivity contribution in [2.45, 2.75) is 63.5 Å². The molecular weight excluding hydrogens is 367 g/mol. The van der Waals surface area contributed by atoms with Crippen molar-refractivity contribution in [1.82, 2.24) is 9.47 Å². The zero-order chi connectivity index (χ0) is 18.5. The molecule has 1 aliphatic carbocycles. The van der Waals surface area contributed by atoms with E-state index in [4.69, 9.17) is 23.2 Å². The molecule has 1 aromatic carbocycles. The van der Waals surface area contributed by atoms with E-state index in [2.05, 4.69) is 22.9 Å². The van der Waals surface area contributed by atoms with Crippen LogP contribution in [0.1, 0.15) is 50.3 Å². The van der Waals surface area contributed by atoms with Crippen molar-refractivity contribution in [3.8, 4) is 0 Å². The summed E-state index contributed by atoms with van der Waals surface area (Å²) in [5.74, 6) is 0.0362. The average Bonchev–Trinajstić information content (AvgIpc) is 3.06. The first-order chi connectivity index (χ1) is 12.5. The summed E-state index contributed by atoms with van der Waals surface area (Å²) in [5.41, 5.74) is 2.28. The highest BCUT2D eigenvalue weighted by atomic mass is 35.5. The summed E-state index contributed by atoms with van der Waals surface area (Å²) in [7, 11) is 0. The van der Waals surface area contributed by atoms with Gasteiger partial charge < -0.3 is 9.47 Å². The number of carbonyl (C=O) groups excluding carboxylic acids is 1. The van der Waals surface area contributed by atoms with Gasteiger partial charge in [0.25, 0.3) is 0 Å². The van der Waals surface area contributed by atoms with Crippen LogP contribution in [0.3, 0.4) is 0 Å². The van der Waals surface area contributed by atoms with Gasteiger partial charge in [0.1, 0.15) is 5.38 Å². The molecule has 1 saturated carbocycles. The van der Waals surface area contributed by atoms with Crippen LogP contribution in [-0.2, 0) is 17.9 Å². The van der Waals surface area contributed by atoms with Gasteiger partial charge in [-0.3, -0.25) is 4.79 Å². The predicted molar refractivity (Wildman–Crippen MR) is 108 cm³/mol. The van der Waals surface area contributed by atoms with Gasteiger partial charge in [0.15, 0.2) is 0 Å². The summed E-state index contributed by atoms with van der Waals surface area (Å²) in [6, 6.07) is 12.3. The number of aromatic nitrogens is 1. The van der Waals surface area contributed by atoms with E-state index in [1.807, 2.05) is 29.2 Å². The zero-order valence-electron chi connectivity index (χ0n) is 15.2. The molecule has 0 spiro atoms. The fourth-order valence-corrected chi connectivity index (χ4v) is 4.10. The third-order valence-electron chi connectivity index (χ3n) is 5.14. The second kappa shape index (κ2) is 8.96. The fourth-order valence-electron chi connectivity index (χ4n) is 3.76. The van der Waals surface area contributed by atoms with Crippen LogP contribution in [0, 0.1) is 0 Å². The molecule has 5 heteroatoms. The molecule has 1 atom stereocenters. The molecule has 1 aliphatic rings. The average molecular weight is 393 g/mol. The van der Waals surface area contributed by atoms with Crippen LogP contribution in [0.2, 0.25) is 5.02 Å². The summed E-state index contributed by atoms with van der Waals surface area (Å²) < 4.78 is 2.19. The van der Waals surface area contributed by atoms with E-state index in [0.29, 0.717) is 12.6 Å². The van der Waals surface area contributed by atoms with Crippen molar-refractivity contribution >= 4 is 29.1 Å². The highest BCUT2D eigenvalue weighted by Crippen LogP contribution is 2.26. The molecule has 0 N–H and O–H groups in total. The van der Waals surface area contributed by atoms with Gasteiger partial charge in [-0.1, -0.05) is 43.0 Å². The van der Waals surface area contributed by atoms with Gasteiger partial charge in [-0.2, -0.15) is 0 Å². The minimum atomic E-state index is -0.492. The second-order valence-corrected chi connectivity index (χ2v) is 8.22. The Morgan fingerprint density at radius 1 is 1.23 bits per heavy atom. The van der Waals surface area contributed by atoms with E-state index >= 15 is 0 Å². The van der Waals surface area contributed by atoms with Gasteiger partial charge in [-0.25, -0.2) is 0 Å². The summed E-state index contributed by atoms with van der Waals surface area (Å²) in [4.78, 5) is 14.8. The lowest BCUT2D eigenvalue weighted by Crippen LogP contribution is -2.44. The maximum Gasteiger partial charge on any atom is 0.240 e. The Kier molecular flexibility index (Phi) is 6.66. The number of halogens is 2. The summed E-state index contributed by atoms with van der Waals surface area (Å²) in [6.07, 6.45) is 7.85. The lowest BCUT2D eigenvalue weighted by Gasteiger charge is -2.35. The molecule has 1 amide bonds. The van der Waals surface area contributed by atoms with Crippen LogP contribution in [0.4, 0.5) is 0 Å². The Balaban J connectivity index is 1.78. The molecule has 1 fully saturated rings. The van der Waals surface area contributed by atoms with Crippen LogP contribution in [0.5, 0.6) is 0 Å². The summed E-state index contributed by atoms with van der Waals surface area (Å²) in [6.45, 7) is 3.12. The van der Waals surface area contributed by atoms with E-state index in [1.165, 1.54) is 19.3 Å². The minimum absolute atomic E-state index is 0.0362. The summed E-state index contributed by atoms with van der Waals surface area (Å²) >= 11 is 12.3. The van der Waals surface area contributed by atoms with Crippen molar-refractivity contribution < 1.29 is 4.79 Å². The Bertz CT molecular complexity index is 735. The van der Waals surface area contributed by atoms with E-state index in [0.717, 1.165) is 35.7 Å². The van der Waals surface area contributed by atoms with Gasteiger partial charge in [0, 0.05) is 29.5 Å². The Morgan fingerprint density at radius 2 is 2.00 bits per heavy atom. The number of rotatable bonds is 6. The standard InChI is InChI=1S/C21H26Cl2N2O/c1-16(22)21(26)25(19-9-3-2-4-10-19)15-20-11-6-12-24(20)14-17-7-5-8-18(23)13-17/h5-8,11-13,16,19H,2-4,9-10,14-15H2,1H3. The molecular formula is C21H26Cl2N2O. The normalized spacial score (nSPS) is 16.4. The van der Waals surface area contributed by atoms with Gasteiger partial charge in [0.2, 0.25) is 5.91 Å². The molecule has 140 valence electrons. The Morgan fingerprint density at radius 3 is 2.69 bits per heavy atom. The largest absolute Gasteiger partial charge is 0.345 e. The number of carbonyl (C=O) groups is 1. The van der Waals surface area contributed by atoms with Gasteiger partial charge in [-0.05, 0) is 49.6 Å². The third-order valence-corrected chi connectivity index (χ3v) is 5.56. The molecule has 3 nitrogen and oxygen atoms in total. The SMILES string of the molecule is CC(Cl)C(=O)N(Cc1cccn1Cc1cccc(Cl)c1)C1CCCCC1. The van der Waals surface area contributed by atoms with E-state index < -0.39 is 5.38 Å². The van der Waals surface area contributed by atoms with Crippen molar-refractivity contribution in [3.63, 3.8) is 0 Å². The topological polar surface area (TPSA) is 25.2 Å². The lowest BCUT2D eigenvalue weighted by molar-refractivity contribution is -0.134. The highest BCUT2D eigenvalue weighted by molar-refractivity contribution is 6.30. The number of nitrogens with zero attached hydrogens (tertiary/aromatic N) is 2. The number of hydrogen-bond acceptors (Lipinski definition) is 1. The van der Waals surface area contributed by atoms with Crippen LogP contribution in [-0.4, -0.2) is 26.8 Å². The van der Waals surface area contributed by atoms with E-state index in [1.54, 1.807) is 6.92 Å². The summed E-state index contributed by atoms with van der Waals surface area (Å²) in [5, 5.41) is 0.249. The van der Waals surface area contributed by atoms with Crippen molar-refractivity contribution in [2.75, 3.05) is 0 Å². The molecule has 1 unspecified atom stereocenters. The third kappa shape index (κ3) is 4.83. The first-order valence-electron chi connectivity index (χ1n) is 9.37. The van der Waals surface area contributed by atoms with Crippen LogP contribution in [0.15, 0.2) is 42.6 Å². The highest BCUT2D eigenvalue weighted by Gasteiger charge is 2.28. The molecule has 1 aromatic heterocycles. The number of benzene rings is 1. The maximum absolute atomic E-state index is 12.8. The van der Waals surface area contributed by atoms with E-state index in [-0.39, 0.29) is 5.91 Å². The first-order valence-corrected chi connectivity index (χ1v) is 10.2. The smallest absolute Gasteiger partial charge is 0.240 e. The van der Waals surface area contributed by atoms with Gasteiger partial charge in [0.05, 0.1) is 6.54 Å². The molecule has 3 rings (SSSR count). The van der Waals surface area contributed by atoms with Crippen LogP contribution < -0.4 is 0 Å². The molecule has 0 bridgehead atoms. The molecule has 0 aliphatic heterocycles. The van der Waals surface area contributed by atoms with Crippen molar-refractivity contribution in [1.29, 1.82) is 0 Å². The second-order valence-electron chi connectivity index (χ2n) is 7.13. The zero-order valence-corrected chi connectivity index (χ0v) is 16.7. The van der Waals surface area contributed by atoms with Crippen LogP contribution in [0.25, 0.3) is 0 Å². The molecule has 26 heavy (non-hydrogen) atoms. The molecule has 2 aromatic rings. The van der Waals surface area contributed by atoms with Gasteiger partial charge >= 0.3 is 0 Å². The number of hydrogen-bond donors (Lipinski definition) is 0. The van der Waals surface area contributed by atoms with Crippen molar-refractivity contribution in [3.05, 3.63) is 58.9 Å². The fraction of sp³-hybridized carbons (Fsp3) is 0.476. The monoisotopic (exact) mass is 392 g/mol. The van der Waals surface area contributed by atoms with Gasteiger partial charge in [-0.15, -0.1) is 11.6 Å².